The predicted molar refractivity (Wildman–Crippen MR) is 87.7 cm³/mol. The van der Waals surface area contributed by atoms with E-state index in [1.165, 1.54) is 6.20 Å². The summed E-state index contributed by atoms with van der Waals surface area (Å²) in [4.78, 5) is 16.0. The number of anilines is 1. The standard InChI is InChI=1S/C14H17Cl2N5O/c1-2-3-10-7-12(21-20-10)14(22)18-5-4-17-13-11(16)6-9(15)8-19-13/h6-8H,2-5H2,1H3,(H,17,19)(H,18,22)(H,20,21). The van der Waals surface area contributed by atoms with Crippen LogP contribution in [0.2, 0.25) is 10.0 Å². The average Bonchev–Trinajstić information content (AvgIpc) is 2.94. The molecule has 0 bridgehead atoms. The summed E-state index contributed by atoms with van der Waals surface area (Å²) in [5.41, 5.74) is 1.36. The second-order valence-corrected chi connectivity index (χ2v) is 5.54. The molecular weight excluding hydrogens is 325 g/mol. The van der Waals surface area contributed by atoms with E-state index in [1.54, 1.807) is 12.1 Å². The molecule has 118 valence electrons. The highest BCUT2D eigenvalue weighted by molar-refractivity contribution is 6.35. The summed E-state index contributed by atoms with van der Waals surface area (Å²) in [6.07, 6.45) is 3.39. The fourth-order valence-electron chi connectivity index (χ4n) is 1.87. The topological polar surface area (TPSA) is 82.7 Å². The van der Waals surface area contributed by atoms with Crippen molar-refractivity contribution in [1.29, 1.82) is 0 Å². The van der Waals surface area contributed by atoms with Crippen LogP contribution >= 0.6 is 23.2 Å². The minimum absolute atomic E-state index is 0.212. The highest BCUT2D eigenvalue weighted by Gasteiger charge is 2.09. The molecule has 6 nitrogen and oxygen atoms in total. The van der Waals surface area contributed by atoms with Crippen molar-refractivity contribution in [3.8, 4) is 0 Å². The number of rotatable bonds is 7. The fraction of sp³-hybridized carbons (Fsp3) is 0.357. The molecule has 0 aliphatic rings. The van der Waals surface area contributed by atoms with E-state index in [2.05, 4.69) is 32.7 Å². The van der Waals surface area contributed by atoms with Crippen molar-refractivity contribution in [2.24, 2.45) is 0 Å². The van der Waals surface area contributed by atoms with Gasteiger partial charge in [0.15, 0.2) is 0 Å². The van der Waals surface area contributed by atoms with E-state index in [1.807, 2.05) is 0 Å². The molecule has 2 rings (SSSR count). The summed E-state index contributed by atoms with van der Waals surface area (Å²) in [7, 11) is 0. The van der Waals surface area contributed by atoms with Crippen molar-refractivity contribution >= 4 is 34.9 Å². The first kappa shape index (κ1) is 16.6. The van der Waals surface area contributed by atoms with Gasteiger partial charge in [-0.2, -0.15) is 5.10 Å². The molecule has 0 aliphatic heterocycles. The minimum Gasteiger partial charge on any atom is -0.367 e. The third kappa shape index (κ3) is 4.61. The monoisotopic (exact) mass is 341 g/mol. The number of aromatic amines is 1. The van der Waals surface area contributed by atoms with Gasteiger partial charge >= 0.3 is 0 Å². The van der Waals surface area contributed by atoms with Crippen molar-refractivity contribution in [2.45, 2.75) is 19.8 Å². The van der Waals surface area contributed by atoms with Crippen LogP contribution in [0.25, 0.3) is 0 Å². The molecule has 2 aromatic heterocycles. The number of nitrogens with zero attached hydrogens (tertiary/aromatic N) is 2. The molecule has 0 saturated heterocycles. The van der Waals surface area contributed by atoms with Crippen LogP contribution in [0.5, 0.6) is 0 Å². The van der Waals surface area contributed by atoms with Gasteiger partial charge in [0.25, 0.3) is 5.91 Å². The van der Waals surface area contributed by atoms with Crippen molar-refractivity contribution in [3.05, 3.63) is 39.8 Å². The number of halogens is 2. The first-order valence-electron chi connectivity index (χ1n) is 6.97. The molecule has 22 heavy (non-hydrogen) atoms. The molecular formula is C14H17Cl2N5O. The largest absolute Gasteiger partial charge is 0.367 e. The molecule has 0 spiro atoms. The third-order valence-electron chi connectivity index (χ3n) is 2.89. The lowest BCUT2D eigenvalue weighted by molar-refractivity contribution is 0.0950. The maximum atomic E-state index is 11.9. The van der Waals surface area contributed by atoms with Crippen LogP contribution in [0, 0.1) is 0 Å². The van der Waals surface area contributed by atoms with Gasteiger partial charge in [0, 0.05) is 25.0 Å². The zero-order valence-corrected chi connectivity index (χ0v) is 13.6. The van der Waals surface area contributed by atoms with Gasteiger partial charge in [0.1, 0.15) is 11.5 Å². The average molecular weight is 342 g/mol. The predicted octanol–water partition coefficient (Wildman–Crippen LogP) is 2.91. The number of hydrogen-bond acceptors (Lipinski definition) is 4. The first-order chi connectivity index (χ1) is 10.6. The number of aromatic nitrogens is 3. The summed E-state index contributed by atoms with van der Waals surface area (Å²) >= 11 is 11.8. The Bertz CT molecular complexity index is 644. The number of carbonyl (C=O) groups is 1. The summed E-state index contributed by atoms with van der Waals surface area (Å²) in [6, 6.07) is 3.37. The number of nitrogens with one attached hydrogen (secondary N) is 3. The summed E-state index contributed by atoms with van der Waals surface area (Å²) in [6.45, 7) is 2.99. The van der Waals surface area contributed by atoms with Gasteiger partial charge in [-0.25, -0.2) is 4.98 Å². The Morgan fingerprint density at radius 2 is 2.14 bits per heavy atom. The fourth-order valence-corrected chi connectivity index (χ4v) is 2.31. The molecule has 0 radical (unpaired) electrons. The van der Waals surface area contributed by atoms with E-state index in [4.69, 9.17) is 23.2 Å². The molecule has 0 fully saturated rings. The van der Waals surface area contributed by atoms with Gasteiger partial charge in [-0.1, -0.05) is 36.5 Å². The number of H-pyrrole nitrogens is 1. The molecule has 8 heteroatoms. The molecule has 2 aromatic rings. The van der Waals surface area contributed by atoms with E-state index in [-0.39, 0.29) is 5.91 Å². The highest BCUT2D eigenvalue weighted by Crippen LogP contribution is 2.21. The highest BCUT2D eigenvalue weighted by atomic mass is 35.5. The van der Waals surface area contributed by atoms with Crippen LogP contribution in [0.15, 0.2) is 18.3 Å². The van der Waals surface area contributed by atoms with Crippen LogP contribution in [-0.2, 0) is 6.42 Å². The lowest BCUT2D eigenvalue weighted by Crippen LogP contribution is -2.29. The lowest BCUT2D eigenvalue weighted by Gasteiger charge is -2.08. The molecule has 3 N–H and O–H groups in total. The second kappa shape index (κ2) is 8.00. The summed E-state index contributed by atoms with van der Waals surface area (Å²) in [5.74, 6) is 0.320. The van der Waals surface area contributed by atoms with E-state index in [9.17, 15) is 4.79 Å². The lowest BCUT2D eigenvalue weighted by atomic mass is 10.2. The summed E-state index contributed by atoms with van der Waals surface area (Å²) < 4.78 is 0. The van der Waals surface area contributed by atoms with E-state index < -0.39 is 0 Å². The molecule has 0 aromatic carbocycles. The van der Waals surface area contributed by atoms with Crippen LogP contribution < -0.4 is 10.6 Å². The molecule has 2 heterocycles. The van der Waals surface area contributed by atoms with E-state index in [0.29, 0.717) is 34.6 Å². The molecule has 0 saturated carbocycles. The number of amides is 1. The van der Waals surface area contributed by atoms with Crippen LogP contribution in [0.3, 0.4) is 0 Å². The molecule has 0 aliphatic carbocycles. The first-order valence-corrected chi connectivity index (χ1v) is 7.73. The smallest absolute Gasteiger partial charge is 0.271 e. The van der Waals surface area contributed by atoms with E-state index in [0.717, 1.165) is 18.5 Å². The van der Waals surface area contributed by atoms with Crippen molar-refractivity contribution in [2.75, 3.05) is 18.4 Å². The Kier molecular flexibility index (Phi) is 6.03. The number of hydrogen-bond donors (Lipinski definition) is 3. The third-order valence-corrected chi connectivity index (χ3v) is 3.39. The Morgan fingerprint density at radius 3 is 2.86 bits per heavy atom. The van der Waals surface area contributed by atoms with Gasteiger partial charge in [0.2, 0.25) is 0 Å². The SMILES string of the molecule is CCCc1cc(C(=O)NCCNc2ncc(Cl)cc2Cl)n[nH]1. The Morgan fingerprint density at radius 1 is 1.32 bits per heavy atom. The Balaban J connectivity index is 1.76. The molecule has 1 amide bonds. The van der Waals surface area contributed by atoms with Gasteiger partial charge in [0.05, 0.1) is 10.0 Å². The van der Waals surface area contributed by atoms with Gasteiger partial charge in [-0.3, -0.25) is 9.89 Å². The normalized spacial score (nSPS) is 10.5. The van der Waals surface area contributed by atoms with Crippen molar-refractivity contribution in [1.82, 2.24) is 20.5 Å². The second-order valence-electron chi connectivity index (χ2n) is 4.70. The molecule has 0 unspecified atom stereocenters. The zero-order valence-electron chi connectivity index (χ0n) is 12.1. The van der Waals surface area contributed by atoms with Gasteiger partial charge < -0.3 is 10.6 Å². The number of carbonyl (C=O) groups excluding carboxylic acids is 1. The summed E-state index contributed by atoms with van der Waals surface area (Å²) in [5, 5.41) is 13.6. The van der Waals surface area contributed by atoms with Gasteiger partial charge in [-0.05, 0) is 18.6 Å². The van der Waals surface area contributed by atoms with Crippen LogP contribution in [-0.4, -0.2) is 34.2 Å². The zero-order chi connectivity index (χ0) is 15.9. The molecule has 0 atom stereocenters. The quantitative estimate of drug-likeness (QED) is 0.676. The van der Waals surface area contributed by atoms with Crippen LogP contribution in [0.4, 0.5) is 5.82 Å². The van der Waals surface area contributed by atoms with Gasteiger partial charge in [-0.15, -0.1) is 0 Å². The van der Waals surface area contributed by atoms with Crippen molar-refractivity contribution < 1.29 is 4.79 Å². The maximum absolute atomic E-state index is 11.9. The number of aryl methyl sites for hydroxylation is 1. The Labute approximate surface area is 138 Å². The van der Waals surface area contributed by atoms with Crippen LogP contribution in [0.1, 0.15) is 29.5 Å². The Hall–Kier alpha value is -1.79. The van der Waals surface area contributed by atoms with E-state index >= 15 is 0 Å². The maximum Gasteiger partial charge on any atom is 0.271 e. The number of pyridine rings is 1. The minimum atomic E-state index is -0.212. The van der Waals surface area contributed by atoms with Crippen molar-refractivity contribution in [3.63, 3.8) is 0 Å².